The number of thioether (sulfide) groups is 1. The zero-order chi connectivity index (χ0) is 11.5. The number of hydrogen-bond donors (Lipinski definition) is 1. The van der Waals surface area contributed by atoms with Gasteiger partial charge in [0, 0.05) is 30.6 Å². The van der Waals surface area contributed by atoms with Crippen LogP contribution in [0.4, 0.5) is 11.4 Å². The van der Waals surface area contributed by atoms with Crippen molar-refractivity contribution in [1.29, 1.82) is 0 Å². The number of rotatable bonds is 2. The van der Waals surface area contributed by atoms with Crippen LogP contribution in [-0.2, 0) is 0 Å². The molecule has 1 aromatic rings. The zero-order valence-electron chi connectivity index (χ0n) is 10.1. The molecule has 0 saturated carbocycles. The molecular formula is C12H19N3S. The first-order chi connectivity index (χ1) is 7.69. The summed E-state index contributed by atoms with van der Waals surface area (Å²) in [6.45, 7) is 6.82. The van der Waals surface area contributed by atoms with Gasteiger partial charge in [0.15, 0.2) is 0 Å². The van der Waals surface area contributed by atoms with E-state index in [2.05, 4.69) is 46.9 Å². The molecule has 2 heterocycles. The Bertz CT molecular complexity index is 346. The third-order valence-corrected chi connectivity index (χ3v) is 4.02. The lowest BCUT2D eigenvalue weighted by molar-refractivity contribution is 0.727. The van der Waals surface area contributed by atoms with Gasteiger partial charge in [-0.05, 0) is 6.07 Å². The Labute approximate surface area is 102 Å². The van der Waals surface area contributed by atoms with Crippen molar-refractivity contribution in [2.45, 2.75) is 24.3 Å². The molecule has 1 saturated heterocycles. The Hall–Kier alpha value is -0.900. The molecule has 16 heavy (non-hydrogen) atoms. The SMILES string of the molecule is CNc1cncc(N2CC(C)SC(C)C2)c1. The second-order valence-electron chi connectivity index (χ2n) is 4.34. The molecule has 0 spiro atoms. The van der Waals surface area contributed by atoms with Gasteiger partial charge in [-0.25, -0.2) is 0 Å². The highest BCUT2D eigenvalue weighted by Crippen LogP contribution is 2.28. The van der Waals surface area contributed by atoms with Crippen molar-refractivity contribution in [3.05, 3.63) is 18.5 Å². The third kappa shape index (κ3) is 2.61. The van der Waals surface area contributed by atoms with Crippen molar-refractivity contribution >= 4 is 23.1 Å². The number of pyridine rings is 1. The zero-order valence-corrected chi connectivity index (χ0v) is 10.9. The number of aromatic nitrogens is 1. The Kier molecular flexibility index (Phi) is 3.59. The van der Waals surface area contributed by atoms with Crippen LogP contribution >= 0.6 is 11.8 Å². The number of hydrogen-bond acceptors (Lipinski definition) is 4. The van der Waals surface area contributed by atoms with E-state index in [-0.39, 0.29) is 0 Å². The predicted molar refractivity (Wildman–Crippen MR) is 72.5 cm³/mol. The van der Waals surface area contributed by atoms with Gasteiger partial charge in [-0.3, -0.25) is 4.98 Å². The summed E-state index contributed by atoms with van der Waals surface area (Å²) in [5.74, 6) is 0. The van der Waals surface area contributed by atoms with Crippen molar-refractivity contribution in [1.82, 2.24) is 4.98 Å². The monoisotopic (exact) mass is 237 g/mol. The van der Waals surface area contributed by atoms with E-state index in [0.717, 1.165) is 18.8 Å². The standard InChI is InChI=1S/C12H19N3S/c1-9-7-15(8-10(2)16-9)12-4-11(13-3)5-14-6-12/h4-6,9-10,13H,7-8H2,1-3H3. The number of nitrogens with one attached hydrogen (secondary N) is 1. The van der Waals surface area contributed by atoms with E-state index >= 15 is 0 Å². The molecule has 88 valence electrons. The maximum Gasteiger partial charge on any atom is 0.0574 e. The summed E-state index contributed by atoms with van der Waals surface area (Å²) < 4.78 is 0. The maximum absolute atomic E-state index is 4.27. The smallest absolute Gasteiger partial charge is 0.0574 e. The van der Waals surface area contributed by atoms with Crippen LogP contribution in [0.25, 0.3) is 0 Å². The highest BCUT2D eigenvalue weighted by molar-refractivity contribution is 8.00. The summed E-state index contributed by atoms with van der Waals surface area (Å²) >= 11 is 2.07. The first-order valence-electron chi connectivity index (χ1n) is 5.72. The lowest BCUT2D eigenvalue weighted by Gasteiger charge is -2.36. The van der Waals surface area contributed by atoms with Crippen LogP contribution in [0.2, 0.25) is 0 Å². The average Bonchev–Trinajstić information content (AvgIpc) is 2.28. The van der Waals surface area contributed by atoms with Gasteiger partial charge < -0.3 is 10.2 Å². The molecule has 0 amide bonds. The number of anilines is 2. The highest BCUT2D eigenvalue weighted by atomic mass is 32.2. The predicted octanol–water partition coefficient (Wildman–Crippen LogP) is 2.45. The molecule has 0 aliphatic carbocycles. The van der Waals surface area contributed by atoms with Crippen LogP contribution in [0.3, 0.4) is 0 Å². The Morgan fingerprint density at radius 3 is 2.62 bits per heavy atom. The second-order valence-corrected chi connectivity index (χ2v) is 6.23. The Morgan fingerprint density at radius 2 is 2.00 bits per heavy atom. The summed E-state index contributed by atoms with van der Waals surface area (Å²) in [6, 6.07) is 2.17. The molecule has 1 aliphatic heterocycles. The lowest BCUT2D eigenvalue weighted by atomic mass is 10.2. The largest absolute Gasteiger partial charge is 0.387 e. The first kappa shape index (κ1) is 11.6. The topological polar surface area (TPSA) is 28.2 Å². The van der Waals surface area contributed by atoms with Crippen molar-refractivity contribution in [2.24, 2.45) is 0 Å². The highest BCUT2D eigenvalue weighted by Gasteiger charge is 2.22. The molecule has 2 rings (SSSR count). The van der Waals surface area contributed by atoms with Crippen molar-refractivity contribution in [3.8, 4) is 0 Å². The molecular weight excluding hydrogens is 218 g/mol. The minimum absolute atomic E-state index is 0.696. The lowest BCUT2D eigenvalue weighted by Crippen LogP contribution is -2.40. The molecule has 1 N–H and O–H groups in total. The molecule has 2 atom stereocenters. The summed E-state index contributed by atoms with van der Waals surface area (Å²) in [7, 11) is 1.93. The first-order valence-corrected chi connectivity index (χ1v) is 6.66. The van der Waals surface area contributed by atoms with E-state index < -0.39 is 0 Å². The molecule has 0 aromatic carbocycles. The summed E-state index contributed by atoms with van der Waals surface area (Å²) in [5, 5.41) is 4.53. The van der Waals surface area contributed by atoms with Crippen LogP contribution in [0.15, 0.2) is 18.5 Å². The molecule has 3 nitrogen and oxygen atoms in total. The van der Waals surface area contributed by atoms with E-state index in [4.69, 9.17) is 0 Å². The van der Waals surface area contributed by atoms with Crippen LogP contribution in [0, 0.1) is 0 Å². The van der Waals surface area contributed by atoms with Crippen LogP contribution in [-0.4, -0.2) is 35.6 Å². The number of nitrogens with zero attached hydrogens (tertiary/aromatic N) is 2. The fraction of sp³-hybridized carbons (Fsp3) is 0.583. The Morgan fingerprint density at radius 1 is 1.31 bits per heavy atom. The fourth-order valence-corrected chi connectivity index (χ4v) is 3.45. The van der Waals surface area contributed by atoms with Crippen LogP contribution < -0.4 is 10.2 Å². The minimum atomic E-state index is 0.696. The van der Waals surface area contributed by atoms with E-state index in [1.807, 2.05) is 19.4 Å². The summed E-state index contributed by atoms with van der Waals surface area (Å²) in [4.78, 5) is 6.70. The molecule has 4 heteroatoms. The van der Waals surface area contributed by atoms with E-state index in [1.54, 1.807) is 0 Å². The summed E-state index contributed by atoms with van der Waals surface area (Å²) in [5.41, 5.74) is 2.31. The van der Waals surface area contributed by atoms with E-state index in [0.29, 0.717) is 10.5 Å². The molecule has 0 bridgehead atoms. The van der Waals surface area contributed by atoms with Gasteiger partial charge in [0.1, 0.15) is 0 Å². The Balaban J connectivity index is 2.16. The molecule has 2 unspecified atom stereocenters. The van der Waals surface area contributed by atoms with Gasteiger partial charge in [0.2, 0.25) is 0 Å². The van der Waals surface area contributed by atoms with Crippen molar-refractivity contribution in [2.75, 3.05) is 30.4 Å². The van der Waals surface area contributed by atoms with Gasteiger partial charge in [-0.15, -0.1) is 0 Å². The van der Waals surface area contributed by atoms with Crippen LogP contribution in [0.1, 0.15) is 13.8 Å². The molecule has 1 aliphatic rings. The van der Waals surface area contributed by atoms with Gasteiger partial charge in [0.25, 0.3) is 0 Å². The molecule has 0 radical (unpaired) electrons. The quantitative estimate of drug-likeness (QED) is 0.855. The van der Waals surface area contributed by atoms with Crippen molar-refractivity contribution in [3.63, 3.8) is 0 Å². The maximum atomic E-state index is 4.27. The van der Waals surface area contributed by atoms with Gasteiger partial charge in [-0.1, -0.05) is 13.8 Å². The minimum Gasteiger partial charge on any atom is -0.387 e. The summed E-state index contributed by atoms with van der Waals surface area (Å²) in [6.07, 6.45) is 3.81. The third-order valence-electron chi connectivity index (χ3n) is 2.80. The van der Waals surface area contributed by atoms with E-state index in [1.165, 1.54) is 5.69 Å². The average molecular weight is 237 g/mol. The fourth-order valence-electron chi connectivity index (χ4n) is 2.13. The molecule has 1 fully saturated rings. The second kappa shape index (κ2) is 4.95. The molecule has 1 aromatic heterocycles. The van der Waals surface area contributed by atoms with Crippen molar-refractivity contribution < 1.29 is 0 Å². The van der Waals surface area contributed by atoms with Crippen LogP contribution in [0.5, 0.6) is 0 Å². The van der Waals surface area contributed by atoms with Gasteiger partial charge in [0.05, 0.1) is 23.8 Å². The normalized spacial score (nSPS) is 25.6. The van der Waals surface area contributed by atoms with Gasteiger partial charge >= 0.3 is 0 Å². The van der Waals surface area contributed by atoms with E-state index in [9.17, 15) is 0 Å². The van der Waals surface area contributed by atoms with Gasteiger partial charge in [-0.2, -0.15) is 11.8 Å².